The Hall–Kier alpha value is -3.36. The highest BCUT2D eigenvalue weighted by atomic mass is 79.9. The summed E-state index contributed by atoms with van der Waals surface area (Å²) in [6.07, 6.45) is 0. The van der Waals surface area contributed by atoms with Gasteiger partial charge < -0.3 is 4.90 Å². The zero-order valence-electron chi connectivity index (χ0n) is 16.4. The zero-order chi connectivity index (χ0) is 20.3. The molecule has 0 saturated carbocycles. The molecule has 144 valence electrons. The van der Waals surface area contributed by atoms with Crippen LogP contribution >= 0.6 is 15.9 Å². The van der Waals surface area contributed by atoms with E-state index in [1.54, 1.807) is 0 Å². The normalized spacial score (nSPS) is 10.8. The van der Waals surface area contributed by atoms with Crippen LogP contribution in [0.25, 0.3) is 21.9 Å². The summed E-state index contributed by atoms with van der Waals surface area (Å²) in [5, 5.41) is 2.46. The number of fused-ring (bicyclic) bond motifs is 1. The highest BCUT2D eigenvalue weighted by Crippen LogP contribution is 2.41. The molecule has 0 radical (unpaired) electrons. The Labute approximate surface area is 185 Å². The number of anilines is 3. The summed E-state index contributed by atoms with van der Waals surface area (Å²) in [5.41, 5.74) is 5.81. The zero-order valence-corrected chi connectivity index (χ0v) is 18.0. The number of nitrogens with zero attached hydrogens (tertiary/aromatic N) is 1. The van der Waals surface area contributed by atoms with Crippen LogP contribution in [0.4, 0.5) is 17.1 Å². The molecule has 5 aromatic rings. The first kappa shape index (κ1) is 18.7. The molecule has 0 bridgehead atoms. The summed E-state index contributed by atoms with van der Waals surface area (Å²) in [6, 6.07) is 42.6. The van der Waals surface area contributed by atoms with Crippen molar-refractivity contribution in [1.29, 1.82) is 0 Å². The van der Waals surface area contributed by atoms with E-state index in [9.17, 15) is 0 Å². The van der Waals surface area contributed by atoms with Crippen molar-refractivity contribution in [2.24, 2.45) is 0 Å². The topological polar surface area (TPSA) is 3.24 Å². The highest BCUT2D eigenvalue weighted by molar-refractivity contribution is 9.10. The summed E-state index contributed by atoms with van der Waals surface area (Å²) in [7, 11) is 0. The van der Waals surface area contributed by atoms with Crippen LogP contribution in [0.1, 0.15) is 0 Å². The number of benzene rings is 5. The molecule has 0 saturated heterocycles. The van der Waals surface area contributed by atoms with Crippen molar-refractivity contribution in [3.05, 3.63) is 126 Å². The molecule has 0 aromatic heterocycles. The van der Waals surface area contributed by atoms with Crippen LogP contribution in [-0.4, -0.2) is 0 Å². The van der Waals surface area contributed by atoms with Gasteiger partial charge in [-0.25, -0.2) is 0 Å². The molecule has 0 fully saturated rings. The van der Waals surface area contributed by atoms with Crippen molar-refractivity contribution in [1.82, 2.24) is 0 Å². The van der Waals surface area contributed by atoms with E-state index in [4.69, 9.17) is 0 Å². The molecule has 0 unspecified atom stereocenters. The van der Waals surface area contributed by atoms with Crippen LogP contribution in [0.2, 0.25) is 0 Å². The van der Waals surface area contributed by atoms with E-state index < -0.39 is 0 Å². The first-order chi connectivity index (χ1) is 14.8. The summed E-state index contributed by atoms with van der Waals surface area (Å²) in [4.78, 5) is 2.31. The van der Waals surface area contributed by atoms with Gasteiger partial charge >= 0.3 is 0 Å². The molecule has 0 amide bonds. The van der Waals surface area contributed by atoms with Crippen molar-refractivity contribution in [3.8, 4) is 11.1 Å². The summed E-state index contributed by atoms with van der Waals surface area (Å²) in [6.45, 7) is 0. The molecule has 5 rings (SSSR count). The number of hydrogen-bond acceptors (Lipinski definition) is 1. The van der Waals surface area contributed by atoms with E-state index in [-0.39, 0.29) is 0 Å². The monoisotopic (exact) mass is 449 g/mol. The third-order valence-electron chi connectivity index (χ3n) is 5.30. The molecule has 0 spiro atoms. The number of hydrogen-bond donors (Lipinski definition) is 0. The van der Waals surface area contributed by atoms with Crippen LogP contribution < -0.4 is 4.90 Å². The molecule has 0 aliphatic rings. The van der Waals surface area contributed by atoms with Gasteiger partial charge in [0.25, 0.3) is 0 Å². The van der Waals surface area contributed by atoms with Gasteiger partial charge in [-0.2, -0.15) is 0 Å². The first-order valence-corrected chi connectivity index (χ1v) is 10.8. The SMILES string of the molecule is Brc1ccccc1-c1cc(N(c2ccccc2)c2ccccc2)cc2ccccc12. The van der Waals surface area contributed by atoms with Crippen LogP contribution in [0, 0.1) is 0 Å². The molecule has 0 aliphatic carbocycles. The Morgan fingerprint density at radius 1 is 0.467 bits per heavy atom. The smallest absolute Gasteiger partial charge is 0.0474 e. The average molecular weight is 450 g/mol. The highest BCUT2D eigenvalue weighted by Gasteiger charge is 2.16. The van der Waals surface area contributed by atoms with Crippen molar-refractivity contribution in [2.45, 2.75) is 0 Å². The minimum Gasteiger partial charge on any atom is -0.310 e. The van der Waals surface area contributed by atoms with E-state index in [1.807, 2.05) is 0 Å². The molecule has 30 heavy (non-hydrogen) atoms. The summed E-state index contributed by atoms with van der Waals surface area (Å²) >= 11 is 3.76. The molecule has 0 N–H and O–H groups in total. The minimum absolute atomic E-state index is 1.10. The predicted molar refractivity (Wildman–Crippen MR) is 132 cm³/mol. The fraction of sp³-hybridized carbons (Fsp3) is 0. The summed E-state index contributed by atoms with van der Waals surface area (Å²) < 4.78 is 1.10. The third kappa shape index (κ3) is 3.51. The van der Waals surface area contributed by atoms with Gasteiger partial charge in [-0.15, -0.1) is 0 Å². The van der Waals surface area contributed by atoms with Crippen LogP contribution in [0.3, 0.4) is 0 Å². The van der Waals surface area contributed by atoms with Gasteiger partial charge in [0, 0.05) is 21.5 Å². The number of rotatable bonds is 4. The number of halogens is 1. The Balaban J connectivity index is 1.80. The lowest BCUT2D eigenvalue weighted by Crippen LogP contribution is -2.10. The average Bonchev–Trinajstić information content (AvgIpc) is 2.81. The molecule has 0 heterocycles. The maximum Gasteiger partial charge on any atom is 0.0474 e. The lowest BCUT2D eigenvalue weighted by molar-refractivity contribution is 1.29. The molecule has 0 atom stereocenters. The van der Waals surface area contributed by atoms with Gasteiger partial charge in [0.2, 0.25) is 0 Å². The predicted octanol–water partition coefficient (Wildman–Crippen LogP) is 8.74. The molecule has 2 heteroatoms. The van der Waals surface area contributed by atoms with Crippen LogP contribution in [0.5, 0.6) is 0 Å². The van der Waals surface area contributed by atoms with Gasteiger partial charge in [0.05, 0.1) is 0 Å². The minimum atomic E-state index is 1.10. The Morgan fingerprint density at radius 3 is 1.70 bits per heavy atom. The second-order valence-corrected chi connectivity index (χ2v) is 8.06. The third-order valence-corrected chi connectivity index (χ3v) is 5.99. The molecular weight excluding hydrogens is 430 g/mol. The Morgan fingerprint density at radius 2 is 1.03 bits per heavy atom. The first-order valence-electron chi connectivity index (χ1n) is 9.99. The van der Waals surface area contributed by atoms with E-state index in [0.717, 1.165) is 21.5 Å². The van der Waals surface area contributed by atoms with Crippen molar-refractivity contribution in [3.63, 3.8) is 0 Å². The van der Waals surface area contributed by atoms with Gasteiger partial charge in [0.1, 0.15) is 0 Å². The van der Waals surface area contributed by atoms with Crippen LogP contribution in [-0.2, 0) is 0 Å². The maximum atomic E-state index is 3.76. The number of para-hydroxylation sites is 2. The quantitative estimate of drug-likeness (QED) is 0.265. The molecular formula is C28H20BrN. The van der Waals surface area contributed by atoms with Crippen molar-refractivity contribution < 1.29 is 0 Å². The van der Waals surface area contributed by atoms with Crippen molar-refractivity contribution in [2.75, 3.05) is 4.90 Å². The van der Waals surface area contributed by atoms with E-state index in [0.29, 0.717) is 0 Å². The second kappa shape index (κ2) is 8.17. The second-order valence-electron chi connectivity index (χ2n) is 7.20. The Bertz CT molecular complexity index is 1260. The molecule has 1 nitrogen and oxygen atoms in total. The molecule has 5 aromatic carbocycles. The molecule has 0 aliphatic heterocycles. The van der Waals surface area contributed by atoms with E-state index in [2.05, 4.69) is 142 Å². The van der Waals surface area contributed by atoms with E-state index >= 15 is 0 Å². The lowest BCUT2D eigenvalue weighted by Gasteiger charge is -2.26. The largest absolute Gasteiger partial charge is 0.310 e. The summed E-state index contributed by atoms with van der Waals surface area (Å²) in [5.74, 6) is 0. The van der Waals surface area contributed by atoms with E-state index in [1.165, 1.54) is 21.9 Å². The fourth-order valence-electron chi connectivity index (χ4n) is 3.93. The standard InChI is InChI=1S/C28H20BrN/c29-28-18-10-9-17-26(28)27-20-24(19-21-11-7-8-16-25(21)27)30(22-12-3-1-4-13-22)23-14-5-2-6-15-23/h1-20H. The van der Waals surface area contributed by atoms with Gasteiger partial charge in [-0.3, -0.25) is 0 Å². The fourth-order valence-corrected chi connectivity index (χ4v) is 4.43. The maximum absolute atomic E-state index is 3.76. The van der Waals surface area contributed by atoms with Gasteiger partial charge in [-0.1, -0.05) is 94.8 Å². The van der Waals surface area contributed by atoms with Gasteiger partial charge in [0.15, 0.2) is 0 Å². The Kier molecular flexibility index (Phi) is 5.08. The van der Waals surface area contributed by atoms with Gasteiger partial charge in [-0.05, 0) is 64.4 Å². The lowest BCUT2D eigenvalue weighted by atomic mass is 9.96. The van der Waals surface area contributed by atoms with Crippen LogP contribution in [0.15, 0.2) is 126 Å². The van der Waals surface area contributed by atoms with Crippen molar-refractivity contribution >= 4 is 43.8 Å².